The summed E-state index contributed by atoms with van der Waals surface area (Å²) in [6, 6.07) is 14.2. The summed E-state index contributed by atoms with van der Waals surface area (Å²) in [4.78, 5) is 0. The maximum atomic E-state index is 12.6. The summed E-state index contributed by atoms with van der Waals surface area (Å²) in [5, 5.41) is 11.2. The van der Waals surface area contributed by atoms with Gasteiger partial charge in [0.15, 0.2) is 10.9 Å². The lowest BCUT2D eigenvalue weighted by atomic mass is 10.2. The van der Waals surface area contributed by atoms with Crippen LogP contribution in [0.2, 0.25) is 5.02 Å². The van der Waals surface area contributed by atoms with Crippen LogP contribution in [0.25, 0.3) is 0 Å². The first-order chi connectivity index (χ1) is 13.8. The van der Waals surface area contributed by atoms with E-state index in [0.717, 1.165) is 16.8 Å². The minimum atomic E-state index is -2.92. The Kier molecular flexibility index (Phi) is 6.66. The van der Waals surface area contributed by atoms with Crippen molar-refractivity contribution in [1.29, 1.82) is 0 Å². The number of hydrogen-bond donors (Lipinski definition) is 2. The van der Waals surface area contributed by atoms with Crippen molar-refractivity contribution in [2.24, 2.45) is 0 Å². The summed E-state index contributed by atoms with van der Waals surface area (Å²) in [7, 11) is 0. The van der Waals surface area contributed by atoms with Gasteiger partial charge in [0.05, 0.1) is 12.2 Å². The summed E-state index contributed by atoms with van der Waals surface area (Å²) in [6.07, 6.45) is 0. The van der Waals surface area contributed by atoms with Gasteiger partial charge in [-0.25, -0.2) is 0 Å². The van der Waals surface area contributed by atoms with Crippen LogP contribution in [0.4, 0.5) is 20.3 Å². The third-order valence-corrected chi connectivity index (χ3v) is 4.52. The largest absolute Gasteiger partial charge is 0.433 e. The van der Waals surface area contributed by atoms with Crippen LogP contribution in [0.5, 0.6) is 5.75 Å². The molecule has 152 valence electrons. The van der Waals surface area contributed by atoms with Gasteiger partial charge in [0.25, 0.3) is 0 Å². The Labute approximate surface area is 177 Å². The van der Waals surface area contributed by atoms with Gasteiger partial charge < -0.3 is 15.4 Å². The van der Waals surface area contributed by atoms with Crippen LogP contribution < -0.4 is 15.4 Å². The number of benzene rings is 2. The number of anilines is 2. The van der Waals surface area contributed by atoms with Gasteiger partial charge in [0.2, 0.25) is 0 Å². The summed E-state index contributed by atoms with van der Waals surface area (Å²) < 4.78 is 31.6. The lowest BCUT2D eigenvalue weighted by molar-refractivity contribution is -0.0493. The van der Waals surface area contributed by atoms with Crippen LogP contribution in [0.15, 0.2) is 48.5 Å². The molecular formula is C20H19ClF2N4OS. The average molecular weight is 437 g/mol. The van der Waals surface area contributed by atoms with E-state index in [4.69, 9.17) is 23.8 Å². The molecule has 0 saturated heterocycles. The van der Waals surface area contributed by atoms with Gasteiger partial charge >= 0.3 is 6.61 Å². The first-order valence-corrected chi connectivity index (χ1v) is 9.51. The van der Waals surface area contributed by atoms with E-state index in [1.807, 2.05) is 48.9 Å². The fourth-order valence-corrected chi connectivity index (χ4v) is 3.04. The van der Waals surface area contributed by atoms with Gasteiger partial charge in [-0.1, -0.05) is 29.8 Å². The predicted molar refractivity (Wildman–Crippen MR) is 115 cm³/mol. The molecule has 0 aliphatic carbocycles. The molecule has 0 atom stereocenters. The smallest absolute Gasteiger partial charge is 0.387 e. The van der Waals surface area contributed by atoms with E-state index in [9.17, 15) is 8.78 Å². The van der Waals surface area contributed by atoms with E-state index in [0.29, 0.717) is 23.1 Å². The fraction of sp³-hybridized carbons (Fsp3) is 0.200. The number of nitrogens with one attached hydrogen (secondary N) is 2. The maximum Gasteiger partial charge on any atom is 0.387 e. The molecular weight excluding hydrogens is 418 g/mol. The number of aryl methyl sites for hydroxylation is 2. The van der Waals surface area contributed by atoms with Gasteiger partial charge in [-0.3, -0.25) is 4.68 Å². The normalized spacial score (nSPS) is 10.8. The van der Waals surface area contributed by atoms with Crippen molar-refractivity contribution in [2.45, 2.75) is 27.0 Å². The highest BCUT2D eigenvalue weighted by atomic mass is 35.5. The lowest BCUT2D eigenvalue weighted by Gasteiger charge is -2.14. The molecule has 0 saturated carbocycles. The van der Waals surface area contributed by atoms with E-state index in [1.165, 1.54) is 6.07 Å². The van der Waals surface area contributed by atoms with Crippen LogP contribution in [0.1, 0.15) is 16.8 Å². The predicted octanol–water partition coefficient (Wildman–Crippen LogP) is 5.61. The second kappa shape index (κ2) is 9.19. The number of hydrogen-bond acceptors (Lipinski definition) is 3. The van der Waals surface area contributed by atoms with E-state index in [-0.39, 0.29) is 10.9 Å². The molecule has 3 aromatic rings. The van der Waals surface area contributed by atoms with Crippen molar-refractivity contribution in [1.82, 2.24) is 9.78 Å². The SMILES string of the molecule is Cc1ccc(OC(F)F)c(NC(=S)Nc2cc(C)n(Cc3ccc(Cl)cc3)n2)c1. The summed E-state index contributed by atoms with van der Waals surface area (Å²) in [5.41, 5.74) is 3.21. The van der Waals surface area contributed by atoms with Crippen LogP contribution in [-0.2, 0) is 6.54 Å². The molecule has 3 rings (SSSR count). The quantitative estimate of drug-likeness (QED) is 0.492. The standard InChI is InChI=1S/C20H19ClF2N4OS/c1-12-3-8-17(28-19(22)23)16(9-12)24-20(29)25-18-10-13(2)27(26-18)11-14-4-6-15(21)7-5-14/h3-10,19H,11H2,1-2H3,(H2,24,25,26,29). The summed E-state index contributed by atoms with van der Waals surface area (Å²) >= 11 is 11.2. The van der Waals surface area contributed by atoms with Crippen LogP contribution >= 0.6 is 23.8 Å². The molecule has 0 radical (unpaired) electrons. The third-order valence-electron chi connectivity index (χ3n) is 4.07. The monoisotopic (exact) mass is 436 g/mol. The molecule has 0 spiro atoms. The minimum Gasteiger partial charge on any atom is -0.433 e. The molecule has 0 bridgehead atoms. The number of alkyl halides is 2. The van der Waals surface area contributed by atoms with Crippen LogP contribution in [0.3, 0.4) is 0 Å². The van der Waals surface area contributed by atoms with Crippen molar-refractivity contribution >= 4 is 40.4 Å². The zero-order valence-corrected chi connectivity index (χ0v) is 17.3. The second-order valence-electron chi connectivity index (χ2n) is 6.41. The number of halogens is 3. The third kappa shape index (κ3) is 5.88. The Morgan fingerprint density at radius 2 is 1.86 bits per heavy atom. The molecule has 9 heteroatoms. The van der Waals surface area contributed by atoms with E-state index < -0.39 is 6.61 Å². The van der Waals surface area contributed by atoms with Crippen molar-refractivity contribution < 1.29 is 13.5 Å². The molecule has 0 unspecified atom stereocenters. The first kappa shape index (κ1) is 21.0. The van der Waals surface area contributed by atoms with E-state index in [1.54, 1.807) is 12.1 Å². The Hall–Kier alpha value is -2.71. The van der Waals surface area contributed by atoms with Crippen molar-refractivity contribution in [3.8, 4) is 5.75 Å². The number of nitrogens with zero attached hydrogens (tertiary/aromatic N) is 2. The summed E-state index contributed by atoms with van der Waals surface area (Å²) in [6.45, 7) is 1.43. The van der Waals surface area contributed by atoms with Gasteiger partial charge in [-0.05, 0) is 61.5 Å². The first-order valence-electron chi connectivity index (χ1n) is 8.72. The Bertz CT molecular complexity index is 1010. The molecule has 0 aliphatic heterocycles. The fourth-order valence-electron chi connectivity index (χ4n) is 2.70. The van der Waals surface area contributed by atoms with Crippen molar-refractivity contribution in [2.75, 3.05) is 10.6 Å². The molecule has 0 amide bonds. The highest BCUT2D eigenvalue weighted by Crippen LogP contribution is 2.27. The van der Waals surface area contributed by atoms with Crippen molar-refractivity contribution in [3.63, 3.8) is 0 Å². The molecule has 2 N–H and O–H groups in total. The van der Waals surface area contributed by atoms with Crippen LogP contribution in [0, 0.1) is 13.8 Å². The highest BCUT2D eigenvalue weighted by Gasteiger charge is 2.12. The molecule has 5 nitrogen and oxygen atoms in total. The molecule has 29 heavy (non-hydrogen) atoms. The topological polar surface area (TPSA) is 51.1 Å². The van der Waals surface area contributed by atoms with Crippen molar-refractivity contribution in [3.05, 3.63) is 70.4 Å². The average Bonchev–Trinajstić information content (AvgIpc) is 2.97. The number of aromatic nitrogens is 2. The molecule has 0 aliphatic rings. The highest BCUT2D eigenvalue weighted by molar-refractivity contribution is 7.80. The van der Waals surface area contributed by atoms with Gasteiger partial charge in [-0.2, -0.15) is 13.9 Å². The second-order valence-corrected chi connectivity index (χ2v) is 7.26. The molecule has 2 aromatic carbocycles. The van der Waals surface area contributed by atoms with Gasteiger partial charge in [0, 0.05) is 16.8 Å². The molecule has 1 heterocycles. The molecule has 1 aromatic heterocycles. The minimum absolute atomic E-state index is 0.0131. The summed E-state index contributed by atoms with van der Waals surface area (Å²) in [5.74, 6) is 0.553. The lowest BCUT2D eigenvalue weighted by Crippen LogP contribution is -2.20. The van der Waals surface area contributed by atoms with E-state index >= 15 is 0 Å². The maximum absolute atomic E-state index is 12.6. The van der Waals surface area contributed by atoms with Gasteiger partial charge in [0.1, 0.15) is 5.75 Å². The number of thiocarbonyl (C=S) groups is 1. The number of ether oxygens (including phenoxy) is 1. The Morgan fingerprint density at radius 1 is 1.14 bits per heavy atom. The Morgan fingerprint density at radius 3 is 2.55 bits per heavy atom. The van der Waals surface area contributed by atoms with Gasteiger partial charge in [-0.15, -0.1) is 0 Å². The zero-order chi connectivity index (χ0) is 21.0. The van der Waals surface area contributed by atoms with E-state index in [2.05, 4.69) is 20.5 Å². The Balaban J connectivity index is 1.69. The number of rotatable bonds is 6. The zero-order valence-electron chi connectivity index (χ0n) is 15.7. The van der Waals surface area contributed by atoms with Crippen LogP contribution in [-0.4, -0.2) is 21.5 Å². The molecule has 0 fully saturated rings.